The molecular formula is C15H18N4O3S3. The molecule has 0 fully saturated rings. The number of carbonyl (C=O) groups is 1. The fourth-order valence-electron chi connectivity index (χ4n) is 1.83. The van der Waals surface area contributed by atoms with Crippen LogP contribution in [0.25, 0.3) is 0 Å². The van der Waals surface area contributed by atoms with Crippen LogP contribution in [0.3, 0.4) is 0 Å². The second kappa shape index (κ2) is 8.09. The molecule has 1 amide bonds. The molecule has 1 heterocycles. The summed E-state index contributed by atoms with van der Waals surface area (Å²) in [7, 11) is -0.727. The number of nitrogens with one attached hydrogen (secondary N) is 1. The van der Waals surface area contributed by atoms with Crippen LogP contribution in [-0.4, -0.2) is 48.7 Å². The van der Waals surface area contributed by atoms with E-state index in [0.717, 1.165) is 8.64 Å². The molecule has 134 valence electrons. The lowest BCUT2D eigenvalue weighted by Crippen LogP contribution is -2.23. The third-order valence-electron chi connectivity index (χ3n) is 3.18. The van der Waals surface area contributed by atoms with Gasteiger partial charge in [-0.1, -0.05) is 35.2 Å². The van der Waals surface area contributed by atoms with E-state index >= 15 is 0 Å². The van der Waals surface area contributed by atoms with Gasteiger partial charge in [0.05, 0.1) is 4.90 Å². The molecule has 0 radical (unpaired) electrons. The number of sulfonamides is 1. The van der Waals surface area contributed by atoms with Crippen LogP contribution >= 0.6 is 23.1 Å². The summed E-state index contributed by atoms with van der Waals surface area (Å²) < 4.78 is 26.3. The summed E-state index contributed by atoms with van der Waals surface area (Å²) >= 11 is 2.72. The lowest BCUT2D eigenvalue weighted by Gasteiger charge is -2.13. The third-order valence-corrected chi connectivity index (χ3v) is 6.96. The Hall–Kier alpha value is -1.75. The highest BCUT2D eigenvalue weighted by molar-refractivity contribution is 8.01. The lowest BCUT2D eigenvalue weighted by atomic mass is 10.1. The molecule has 1 N–H and O–H groups in total. The van der Waals surface area contributed by atoms with E-state index in [1.807, 2.05) is 0 Å². The minimum atomic E-state index is -3.61. The Morgan fingerprint density at radius 1 is 1.40 bits per heavy atom. The molecule has 7 nitrogen and oxygen atoms in total. The van der Waals surface area contributed by atoms with E-state index in [9.17, 15) is 13.2 Å². The number of aryl methyl sites for hydroxylation is 1. The van der Waals surface area contributed by atoms with Gasteiger partial charge >= 0.3 is 0 Å². The average Bonchev–Trinajstić information content (AvgIpc) is 3.00. The Labute approximate surface area is 155 Å². The molecule has 25 heavy (non-hydrogen) atoms. The average molecular weight is 399 g/mol. The normalized spacial score (nSPS) is 11.5. The maximum Gasteiger partial charge on any atom is 0.257 e. The molecule has 2 rings (SSSR count). The second-order valence-corrected chi connectivity index (χ2v) is 9.59. The first-order valence-corrected chi connectivity index (χ1v) is 10.4. The molecule has 0 unspecified atom stereocenters. The number of anilines is 1. The molecule has 2 aromatic rings. The summed E-state index contributed by atoms with van der Waals surface area (Å²) in [5, 5.41) is 10.9. The maximum absolute atomic E-state index is 12.5. The highest BCUT2D eigenvalue weighted by atomic mass is 32.2. The van der Waals surface area contributed by atoms with Gasteiger partial charge in [-0.05, 0) is 24.6 Å². The van der Waals surface area contributed by atoms with Crippen LogP contribution < -0.4 is 5.32 Å². The number of thioether (sulfide) groups is 1. The highest BCUT2D eigenvalue weighted by Gasteiger charge is 2.20. The molecule has 0 aliphatic carbocycles. The van der Waals surface area contributed by atoms with Crippen molar-refractivity contribution in [3.63, 3.8) is 0 Å². The number of hydrogen-bond acceptors (Lipinski definition) is 7. The molecule has 10 heteroatoms. The Bertz CT molecular complexity index is 891. The van der Waals surface area contributed by atoms with Crippen LogP contribution in [0.2, 0.25) is 0 Å². The number of amides is 1. The lowest BCUT2D eigenvalue weighted by molar-refractivity contribution is 0.102. The van der Waals surface area contributed by atoms with Crippen molar-refractivity contribution in [2.75, 3.05) is 25.2 Å². The van der Waals surface area contributed by atoms with Crippen LogP contribution in [-0.2, 0) is 10.0 Å². The zero-order chi connectivity index (χ0) is 18.6. The second-order valence-electron chi connectivity index (χ2n) is 5.19. The Morgan fingerprint density at radius 3 is 2.76 bits per heavy atom. The Kier molecular flexibility index (Phi) is 6.33. The number of nitrogens with zero attached hydrogens (tertiary/aromatic N) is 3. The Morgan fingerprint density at radius 2 is 2.12 bits per heavy atom. The van der Waals surface area contributed by atoms with E-state index in [1.54, 1.807) is 19.1 Å². The third kappa shape index (κ3) is 4.66. The van der Waals surface area contributed by atoms with Gasteiger partial charge in [-0.25, -0.2) is 12.7 Å². The fourth-order valence-corrected chi connectivity index (χ4v) is 4.27. The van der Waals surface area contributed by atoms with Crippen LogP contribution in [0.15, 0.2) is 40.1 Å². The first-order valence-electron chi connectivity index (χ1n) is 7.17. The van der Waals surface area contributed by atoms with E-state index in [2.05, 4.69) is 22.1 Å². The quantitative estimate of drug-likeness (QED) is 0.438. The number of hydrogen-bond donors (Lipinski definition) is 1. The van der Waals surface area contributed by atoms with Crippen LogP contribution in [0, 0.1) is 6.92 Å². The SMILES string of the molecule is C=CCSc1nnc(NC(=O)c2cc(S(=O)(=O)N(C)C)ccc2C)s1. The monoisotopic (exact) mass is 398 g/mol. The van der Waals surface area contributed by atoms with E-state index in [1.165, 1.54) is 49.3 Å². The van der Waals surface area contributed by atoms with Gasteiger partial charge in [0.25, 0.3) is 5.91 Å². The van der Waals surface area contributed by atoms with Crippen LogP contribution in [0.5, 0.6) is 0 Å². The van der Waals surface area contributed by atoms with Gasteiger partial charge in [0.1, 0.15) is 0 Å². The fraction of sp³-hybridized carbons (Fsp3) is 0.267. The molecule has 1 aromatic carbocycles. The van der Waals surface area contributed by atoms with Crippen LogP contribution in [0.4, 0.5) is 5.13 Å². The molecule has 1 aromatic heterocycles. The molecule has 0 aliphatic rings. The van der Waals surface area contributed by atoms with Crippen molar-refractivity contribution in [3.8, 4) is 0 Å². The van der Waals surface area contributed by atoms with Gasteiger partial charge < -0.3 is 0 Å². The zero-order valence-electron chi connectivity index (χ0n) is 14.0. The molecular weight excluding hydrogens is 380 g/mol. The summed E-state index contributed by atoms with van der Waals surface area (Å²) in [5.74, 6) is 0.274. The summed E-state index contributed by atoms with van der Waals surface area (Å²) in [6.45, 7) is 5.38. The predicted molar refractivity (Wildman–Crippen MR) is 101 cm³/mol. The van der Waals surface area contributed by atoms with Crippen molar-refractivity contribution in [2.24, 2.45) is 0 Å². The molecule has 0 aliphatic heterocycles. The van der Waals surface area contributed by atoms with E-state index < -0.39 is 15.9 Å². The van der Waals surface area contributed by atoms with Crippen LogP contribution in [0.1, 0.15) is 15.9 Å². The largest absolute Gasteiger partial charge is 0.296 e. The predicted octanol–water partition coefficient (Wildman–Crippen LogP) is 2.63. The van der Waals surface area contributed by atoms with Gasteiger partial charge in [-0.15, -0.1) is 16.8 Å². The number of benzene rings is 1. The summed E-state index contributed by atoms with van der Waals surface area (Å²) in [6, 6.07) is 4.46. The standard InChI is InChI=1S/C15H18N4O3S3/c1-5-8-23-15-18-17-14(24-15)16-13(20)12-9-11(7-6-10(12)2)25(21,22)19(3)4/h5-7,9H,1,8H2,2-4H3,(H,16,17,20). The number of carbonyl (C=O) groups excluding carboxylic acids is 1. The Balaban J connectivity index is 2.24. The number of rotatable bonds is 7. The molecule has 0 saturated heterocycles. The molecule has 0 atom stereocenters. The summed E-state index contributed by atoms with van der Waals surface area (Å²) in [5.41, 5.74) is 0.944. The van der Waals surface area contributed by atoms with Gasteiger partial charge in [-0.2, -0.15) is 0 Å². The van der Waals surface area contributed by atoms with Crippen molar-refractivity contribution < 1.29 is 13.2 Å². The smallest absolute Gasteiger partial charge is 0.257 e. The van der Waals surface area contributed by atoms with Crippen molar-refractivity contribution in [1.29, 1.82) is 0 Å². The van der Waals surface area contributed by atoms with Gasteiger partial charge in [0, 0.05) is 25.4 Å². The summed E-state index contributed by atoms with van der Waals surface area (Å²) in [6.07, 6.45) is 1.75. The van der Waals surface area contributed by atoms with Gasteiger partial charge in [0.15, 0.2) is 4.34 Å². The highest BCUT2D eigenvalue weighted by Crippen LogP contribution is 2.26. The first-order chi connectivity index (χ1) is 11.8. The van der Waals surface area contributed by atoms with E-state index in [-0.39, 0.29) is 10.5 Å². The summed E-state index contributed by atoms with van der Waals surface area (Å²) in [4.78, 5) is 12.6. The van der Waals surface area contributed by atoms with Crippen molar-refractivity contribution >= 4 is 44.2 Å². The molecule has 0 saturated carbocycles. The van der Waals surface area contributed by atoms with Crippen molar-refractivity contribution in [2.45, 2.75) is 16.2 Å². The zero-order valence-corrected chi connectivity index (χ0v) is 16.5. The maximum atomic E-state index is 12.5. The number of aromatic nitrogens is 2. The minimum Gasteiger partial charge on any atom is -0.296 e. The van der Waals surface area contributed by atoms with Crippen molar-refractivity contribution in [1.82, 2.24) is 14.5 Å². The van der Waals surface area contributed by atoms with Crippen molar-refractivity contribution in [3.05, 3.63) is 42.0 Å². The molecule has 0 spiro atoms. The first kappa shape index (κ1) is 19.6. The molecule has 0 bridgehead atoms. The minimum absolute atomic E-state index is 0.0627. The topological polar surface area (TPSA) is 92.3 Å². The van der Waals surface area contributed by atoms with E-state index in [0.29, 0.717) is 16.4 Å². The van der Waals surface area contributed by atoms with E-state index in [4.69, 9.17) is 0 Å². The van der Waals surface area contributed by atoms with Gasteiger partial charge in [0.2, 0.25) is 15.2 Å². The van der Waals surface area contributed by atoms with Gasteiger partial charge in [-0.3, -0.25) is 10.1 Å².